The SMILES string of the molecule is CCCNC(=O)O[C@@H]1O[C@H](CO)[C@@H](O)[C@H](O)[C@H]1F. The Bertz CT molecular complexity index is 277. The summed E-state index contributed by atoms with van der Waals surface area (Å²) in [5, 5.41) is 30.0. The number of hydrogen-bond acceptors (Lipinski definition) is 6. The van der Waals surface area contributed by atoms with Crippen molar-refractivity contribution in [2.75, 3.05) is 13.2 Å². The summed E-state index contributed by atoms with van der Waals surface area (Å²) < 4.78 is 23.1. The van der Waals surface area contributed by atoms with Crippen molar-refractivity contribution in [3.63, 3.8) is 0 Å². The third kappa shape index (κ3) is 3.52. The molecule has 1 aliphatic heterocycles. The number of alkyl carbamates (subject to hydrolysis) is 1. The normalized spacial score (nSPS) is 36.2. The van der Waals surface area contributed by atoms with Gasteiger partial charge in [0.15, 0.2) is 6.17 Å². The first-order chi connectivity index (χ1) is 8.51. The van der Waals surface area contributed by atoms with Crippen molar-refractivity contribution in [1.29, 1.82) is 0 Å². The smallest absolute Gasteiger partial charge is 0.409 e. The van der Waals surface area contributed by atoms with Crippen LogP contribution in [0.1, 0.15) is 13.3 Å². The Kier molecular flexibility index (Phi) is 5.73. The zero-order valence-electron chi connectivity index (χ0n) is 9.95. The topological polar surface area (TPSA) is 108 Å². The van der Waals surface area contributed by atoms with Crippen LogP contribution in [0.4, 0.5) is 9.18 Å². The van der Waals surface area contributed by atoms with Gasteiger partial charge in [-0.15, -0.1) is 0 Å². The molecule has 0 aliphatic carbocycles. The van der Waals surface area contributed by atoms with E-state index in [4.69, 9.17) is 9.84 Å². The quantitative estimate of drug-likeness (QED) is 0.515. The van der Waals surface area contributed by atoms with Gasteiger partial charge < -0.3 is 30.1 Å². The highest BCUT2D eigenvalue weighted by Gasteiger charge is 2.46. The van der Waals surface area contributed by atoms with Crippen molar-refractivity contribution < 1.29 is 34.0 Å². The van der Waals surface area contributed by atoms with Gasteiger partial charge in [0.25, 0.3) is 0 Å². The lowest BCUT2D eigenvalue weighted by Gasteiger charge is -2.37. The number of carbonyl (C=O) groups excluding carboxylic acids is 1. The van der Waals surface area contributed by atoms with Crippen LogP contribution in [0, 0.1) is 0 Å². The summed E-state index contributed by atoms with van der Waals surface area (Å²) in [6.07, 6.45) is -8.47. The average Bonchev–Trinajstić information content (AvgIpc) is 2.37. The maximum Gasteiger partial charge on any atom is 0.409 e. The Morgan fingerprint density at radius 2 is 2.11 bits per heavy atom. The molecular formula is C10H18FNO6. The van der Waals surface area contributed by atoms with Crippen LogP contribution >= 0.6 is 0 Å². The Morgan fingerprint density at radius 1 is 1.44 bits per heavy atom. The van der Waals surface area contributed by atoms with Gasteiger partial charge in [0.05, 0.1) is 6.61 Å². The third-order valence-corrected chi connectivity index (χ3v) is 2.55. The number of nitrogens with one attached hydrogen (secondary N) is 1. The van der Waals surface area contributed by atoms with E-state index in [9.17, 15) is 19.4 Å². The Labute approximate surface area is 104 Å². The summed E-state index contributed by atoms with van der Waals surface area (Å²) in [4.78, 5) is 11.2. The molecule has 0 unspecified atom stereocenters. The van der Waals surface area contributed by atoms with Crippen LogP contribution in [0.3, 0.4) is 0 Å². The molecule has 0 aromatic rings. The van der Waals surface area contributed by atoms with Gasteiger partial charge in [-0.25, -0.2) is 9.18 Å². The van der Waals surface area contributed by atoms with E-state index in [1.165, 1.54) is 0 Å². The molecule has 0 aromatic carbocycles. The van der Waals surface area contributed by atoms with Crippen LogP contribution in [0.15, 0.2) is 0 Å². The standard InChI is InChI=1S/C10H18FNO6/c1-2-3-12-10(16)18-9-6(11)8(15)7(14)5(4-13)17-9/h5-9,13-15H,2-4H2,1H3,(H,12,16)/t5-,6-,7-,8-,9+/m1/s1. The third-order valence-electron chi connectivity index (χ3n) is 2.55. The number of rotatable bonds is 4. The highest BCUT2D eigenvalue weighted by molar-refractivity contribution is 5.67. The van der Waals surface area contributed by atoms with Crippen LogP contribution in [-0.2, 0) is 9.47 Å². The summed E-state index contributed by atoms with van der Waals surface area (Å²) in [6, 6.07) is 0. The van der Waals surface area contributed by atoms with E-state index in [-0.39, 0.29) is 0 Å². The minimum Gasteiger partial charge on any atom is -0.416 e. The van der Waals surface area contributed by atoms with Crippen LogP contribution in [0.2, 0.25) is 0 Å². The molecule has 0 bridgehead atoms. The summed E-state index contributed by atoms with van der Waals surface area (Å²) >= 11 is 0. The summed E-state index contributed by atoms with van der Waals surface area (Å²) in [5.74, 6) is 0. The number of alkyl halides is 1. The van der Waals surface area contributed by atoms with Crippen LogP contribution < -0.4 is 5.32 Å². The first-order valence-corrected chi connectivity index (χ1v) is 5.72. The van der Waals surface area contributed by atoms with Gasteiger partial charge in [0.2, 0.25) is 6.29 Å². The predicted octanol–water partition coefficient (Wildman–Crippen LogP) is -1.10. The zero-order chi connectivity index (χ0) is 13.7. The first kappa shape index (κ1) is 15.1. The Hall–Kier alpha value is -0.960. The molecule has 7 nitrogen and oxygen atoms in total. The van der Waals surface area contributed by atoms with E-state index >= 15 is 0 Å². The van der Waals surface area contributed by atoms with E-state index in [0.29, 0.717) is 13.0 Å². The van der Waals surface area contributed by atoms with E-state index in [2.05, 4.69) is 10.1 Å². The molecule has 1 amide bonds. The van der Waals surface area contributed by atoms with Crippen molar-refractivity contribution in [1.82, 2.24) is 5.32 Å². The largest absolute Gasteiger partial charge is 0.416 e. The number of amides is 1. The van der Waals surface area contributed by atoms with Gasteiger partial charge >= 0.3 is 6.09 Å². The molecule has 5 atom stereocenters. The lowest BCUT2D eigenvalue weighted by Crippen LogP contribution is -2.58. The number of carbonyl (C=O) groups is 1. The van der Waals surface area contributed by atoms with E-state index in [1.54, 1.807) is 0 Å². The van der Waals surface area contributed by atoms with Crippen molar-refractivity contribution in [2.24, 2.45) is 0 Å². The van der Waals surface area contributed by atoms with Crippen molar-refractivity contribution >= 4 is 6.09 Å². The average molecular weight is 267 g/mol. The summed E-state index contributed by atoms with van der Waals surface area (Å²) in [7, 11) is 0. The molecule has 0 spiro atoms. The summed E-state index contributed by atoms with van der Waals surface area (Å²) in [6.45, 7) is 1.57. The molecule has 1 rings (SSSR count). The molecule has 0 radical (unpaired) electrons. The van der Waals surface area contributed by atoms with Gasteiger partial charge in [-0.3, -0.25) is 0 Å². The highest BCUT2D eigenvalue weighted by atomic mass is 19.1. The van der Waals surface area contributed by atoms with Crippen molar-refractivity contribution in [3.05, 3.63) is 0 Å². The van der Waals surface area contributed by atoms with Crippen LogP contribution in [-0.4, -0.2) is 65.3 Å². The second-order valence-corrected chi connectivity index (χ2v) is 3.98. The molecule has 18 heavy (non-hydrogen) atoms. The minimum absolute atomic E-state index is 0.358. The summed E-state index contributed by atoms with van der Waals surface area (Å²) in [5.41, 5.74) is 0. The molecule has 4 N–H and O–H groups in total. The fraction of sp³-hybridized carbons (Fsp3) is 0.900. The molecule has 1 saturated heterocycles. The number of halogens is 1. The maximum atomic E-state index is 13.6. The van der Waals surface area contributed by atoms with Gasteiger partial charge in [-0.2, -0.15) is 0 Å². The predicted molar refractivity (Wildman–Crippen MR) is 57.4 cm³/mol. The highest BCUT2D eigenvalue weighted by Crippen LogP contribution is 2.24. The van der Waals surface area contributed by atoms with E-state index in [1.807, 2.05) is 6.92 Å². The molecule has 0 aromatic heterocycles. The van der Waals surface area contributed by atoms with Gasteiger partial charge in [0.1, 0.15) is 18.3 Å². The van der Waals surface area contributed by atoms with Crippen LogP contribution in [0.25, 0.3) is 0 Å². The lowest BCUT2D eigenvalue weighted by molar-refractivity contribution is -0.269. The van der Waals surface area contributed by atoms with Crippen LogP contribution in [0.5, 0.6) is 0 Å². The van der Waals surface area contributed by atoms with Gasteiger partial charge in [-0.1, -0.05) is 6.92 Å². The fourth-order valence-electron chi connectivity index (χ4n) is 1.52. The number of aliphatic hydroxyl groups is 3. The first-order valence-electron chi connectivity index (χ1n) is 5.72. The molecule has 1 aliphatic rings. The monoisotopic (exact) mass is 267 g/mol. The second kappa shape index (κ2) is 6.83. The molecular weight excluding hydrogens is 249 g/mol. The van der Waals surface area contributed by atoms with Crippen molar-refractivity contribution in [3.8, 4) is 0 Å². The van der Waals surface area contributed by atoms with E-state index < -0.39 is 43.5 Å². The number of aliphatic hydroxyl groups excluding tert-OH is 3. The molecule has 8 heteroatoms. The van der Waals surface area contributed by atoms with Gasteiger partial charge in [0, 0.05) is 6.54 Å². The zero-order valence-corrected chi connectivity index (χ0v) is 9.95. The number of ether oxygens (including phenoxy) is 2. The van der Waals surface area contributed by atoms with Gasteiger partial charge in [-0.05, 0) is 6.42 Å². The minimum atomic E-state index is -2.07. The molecule has 1 heterocycles. The maximum absolute atomic E-state index is 13.6. The fourth-order valence-corrected chi connectivity index (χ4v) is 1.52. The number of hydrogen-bond donors (Lipinski definition) is 4. The van der Waals surface area contributed by atoms with E-state index in [0.717, 1.165) is 0 Å². The Balaban J connectivity index is 2.56. The molecule has 1 fully saturated rings. The van der Waals surface area contributed by atoms with Crippen molar-refractivity contribution in [2.45, 2.75) is 44.1 Å². The second-order valence-electron chi connectivity index (χ2n) is 3.98. The lowest BCUT2D eigenvalue weighted by atomic mass is 10.0. The Morgan fingerprint density at radius 3 is 2.67 bits per heavy atom. The molecule has 106 valence electrons. The molecule has 0 saturated carbocycles.